The van der Waals surface area contributed by atoms with Crippen LogP contribution in [-0.2, 0) is 6.42 Å². The third-order valence-electron chi connectivity index (χ3n) is 2.30. The fourth-order valence-electron chi connectivity index (χ4n) is 1.69. The summed E-state index contributed by atoms with van der Waals surface area (Å²) in [7, 11) is 0. The minimum atomic E-state index is 0.0178. The van der Waals surface area contributed by atoms with Gasteiger partial charge in [0.2, 0.25) is 11.7 Å². The zero-order valence-corrected chi connectivity index (χ0v) is 10.3. The van der Waals surface area contributed by atoms with Gasteiger partial charge in [-0.15, -0.1) is 0 Å². The molecule has 0 amide bonds. The Morgan fingerprint density at radius 2 is 1.88 bits per heavy atom. The van der Waals surface area contributed by atoms with Crippen molar-refractivity contribution in [3.05, 3.63) is 29.4 Å². The molecular weight excluding hydrogens is 216 g/mol. The Bertz CT molecular complexity index is 499. The summed E-state index contributed by atoms with van der Waals surface area (Å²) in [6.45, 7) is 5.80. The van der Waals surface area contributed by atoms with Crippen LogP contribution in [0, 0.1) is 13.8 Å². The van der Waals surface area contributed by atoms with Crippen molar-refractivity contribution in [1.29, 1.82) is 0 Å². The lowest BCUT2D eigenvalue weighted by Gasteiger charge is -1.99. The summed E-state index contributed by atoms with van der Waals surface area (Å²) in [6, 6.07) is 3.89. The Balaban J connectivity index is 2.30. The van der Waals surface area contributed by atoms with Crippen LogP contribution in [0.4, 0.5) is 0 Å². The molecule has 17 heavy (non-hydrogen) atoms. The number of nitrogens with two attached hydrogens (primary N) is 1. The summed E-state index contributed by atoms with van der Waals surface area (Å²) in [5.41, 5.74) is 8.49. The maximum atomic E-state index is 5.68. The molecule has 0 fully saturated rings. The number of hydrogen-bond acceptors (Lipinski definition) is 5. The first-order valence-electron chi connectivity index (χ1n) is 5.58. The van der Waals surface area contributed by atoms with Gasteiger partial charge in [-0.1, -0.05) is 5.16 Å². The van der Waals surface area contributed by atoms with Crippen molar-refractivity contribution in [2.24, 2.45) is 5.73 Å². The number of nitrogens with zero attached hydrogens (tertiary/aromatic N) is 3. The second-order valence-corrected chi connectivity index (χ2v) is 4.33. The molecule has 0 aliphatic rings. The molecule has 5 heteroatoms. The van der Waals surface area contributed by atoms with Crippen molar-refractivity contribution < 1.29 is 4.52 Å². The largest absolute Gasteiger partial charge is 0.339 e. The first kappa shape index (κ1) is 11.7. The summed E-state index contributed by atoms with van der Waals surface area (Å²) < 4.78 is 5.15. The van der Waals surface area contributed by atoms with Gasteiger partial charge < -0.3 is 10.3 Å². The second-order valence-electron chi connectivity index (χ2n) is 4.33. The predicted octanol–water partition coefficient (Wildman–Crippen LogP) is 1.64. The van der Waals surface area contributed by atoms with Gasteiger partial charge >= 0.3 is 0 Å². The zero-order chi connectivity index (χ0) is 12.4. The monoisotopic (exact) mass is 232 g/mol. The molecule has 5 nitrogen and oxygen atoms in total. The molecule has 2 rings (SSSR count). The molecule has 2 heterocycles. The molecule has 0 bridgehead atoms. The highest BCUT2D eigenvalue weighted by molar-refractivity contribution is 5.55. The van der Waals surface area contributed by atoms with Gasteiger partial charge in [0.25, 0.3) is 0 Å². The minimum Gasteiger partial charge on any atom is -0.339 e. The molecule has 2 aromatic heterocycles. The van der Waals surface area contributed by atoms with Gasteiger partial charge in [0.15, 0.2) is 0 Å². The maximum absolute atomic E-state index is 5.68. The lowest BCUT2D eigenvalue weighted by molar-refractivity contribution is 0.372. The van der Waals surface area contributed by atoms with Crippen LogP contribution in [0.1, 0.15) is 24.2 Å². The number of aromatic nitrogens is 3. The Hall–Kier alpha value is -1.75. The second kappa shape index (κ2) is 4.63. The molecule has 1 atom stereocenters. The molecule has 0 radical (unpaired) electrons. The Morgan fingerprint density at radius 3 is 2.47 bits per heavy atom. The van der Waals surface area contributed by atoms with E-state index in [9.17, 15) is 0 Å². The van der Waals surface area contributed by atoms with Crippen molar-refractivity contribution in [2.75, 3.05) is 0 Å². The maximum Gasteiger partial charge on any atom is 0.228 e. The molecule has 0 saturated carbocycles. The van der Waals surface area contributed by atoms with E-state index in [-0.39, 0.29) is 6.04 Å². The smallest absolute Gasteiger partial charge is 0.228 e. The van der Waals surface area contributed by atoms with Gasteiger partial charge in [0.1, 0.15) is 0 Å². The van der Waals surface area contributed by atoms with Crippen molar-refractivity contribution in [3.8, 4) is 11.4 Å². The highest BCUT2D eigenvalue weighted by atomic mass is 16.5. The number of pyridine rings is 1. The van der Waals surface area contributed by atoms with Crippen LogP contribution in [-0.4, -0.2) is 21.2 Å². The lowest BCUT2D eigenvalue weighted by Crippen LogP contribution is -2.17. The molecule has 2 N–H and O–H groups in total. The average Bonchev–Trinajstić information content (AvgIpc) is 2.63. The van der Waals surface area contributed by atoms with E-state index in [1.54, 1.807) is 0 Å². The van der Waals surface area contributed by atoms with Crippen LogP contribution in [0.3, 0.4) is 0 Å². The molecule has 0 aromatic carbocycles. The highest BCUT2D eigenvalue weighted by Gasteiger charge is 2.10. The molecule has 90 valence electrons. The first-order chi connectivity index (χ1) is 8.04. The summed E-state index contributed by atoms with van der Waals surface area (Å²) in [5.74, 6) is 1.16. The number of rotatable bonds is 3. The van der Waals surface area contributed by atoms with Crippen molar-refractivity contribution in [1.82, 2.24) is 15.1 Å². The molecular formula is C12H16N4O. The minimum absolute atomic E-state index is 0.0178. The Kier molecular flexibility index (Phi) is 3.19. The van der Waals surface area contributed by atoms with Crippen LogP contribution >= 0.6 is 0 Å². The van der Waals surface area contributed by atoms with Gasteiger partial charge in [0.05, 0.1) is 0 Å². The van der Waals surface area contributed by atoms with E-state index < -0.39 is 0 Å². The van der Waals surface area contributed by atoms with Crippen LogP contribution in [0.2, 0.25) is 0 Å². The Labute approximate surface area is 100 Å². The lowest BCUT2D eigenvalue weighted by atomic mass is 10.2. The fourth-order valence-corrected chi connectivity index (χ4v) is 1.69. The number of aryl methyl sites for hydroxylation is 2. The van der Waals surface area contributed by atoms with E-state index in [0.717, 1.165) is 17.0 Å². The quantitative estimate of drug-likeness (QED) is 0.870. The normalized spacial score (nSPS) is 12.7. The summed E-state index contributed by atoms with van der Waals surface area (Å²) >= 11 is 0. The van der Waals surface area contributed by atoms with E-state index in [1.165, 1.54) is 0 Å². The topological polar surface area (TPSA) is 77.8 Å². The predicted molar refractivity (Wildman–Crippen MR) is 64.4 cm³/mol. The standard InChI is InChI=1S/C12H16N4O/c1-7(13)4-11-15-12(16-17-11)10-5-8(2)14-9(3)6-10/h5-7H,4,13H2,1-3H3. The van der Waals surface area contributed by atoms with Gasteiger partial charge in [0, 0.05) is 29.4 Å². The SMILES string of the molecule is Cc1cc(-c2noc(CC(C)N)n2)cc(C)n1. The summed E-state index contributed by atoms with van der Waals surface area (Å²) in [6.07, 6.45) is 0.593. The Morgan fingerprint density at radius 1 is 1.24 bits per heavy atom. The van der Waals surface area contributed by atoms with Crippen LogP contribution in [0.25, 0.3) is 11.4 Å². The third-order valence-corrected chi connectivity index (χ3v) is 2.30. The molecule has 1 unspecified atom stereocenters. The van der Waals surface area contributed by atoms with Crippen LogP contribution < -0.4 is 5.73 Å². The summed E-state index contributed by atoms with van der Waals surface area (Å²) in [5, 5.41) is 3.95. The molecule has 0 aliphatic carbocycles. The number of hydrogen-bond donors (Lipinski definition) is 1. The van der Waals surface area contributed by atoms with Crippen molar-refractivity contribution in [2.45, 2.75) is 33.2 Å². The van der Waals surface area contributed by atoms with E-state index >= 15 is 0 Å². The third kappa shape index (κ3) is 2.88. The van der Waals surface area contributed by atoms with Gasteiger partial charge in [-0.2, -0.15) is 4.98 Å². The first-order valence-corrected chi connectivity index (χ1v) is 5.58. The van der Waals surface area contributed by atoms with E-state index in [4.69, 9.17) is 10.3 Å². The summed E-state index contributed by atoms with van der Waals surface area (Å²) in [4.78, 5) is 8.63. The highest BCUT2D eigenvalue weighted by Crippen LogP contribution is 2.17. The average molecular weight is 232 g/mol. The van der Waals surface area contributed by atoms with Gasteiger partial charge in [-0.25, -0.2) is 0 Å². The molecule has 0 spiro atoms. The molecule has 2 aromatic rings. The van der Waals surface area contributed by atoms with Crippen LogP contribution in [0.5, 0.6) is 0 Å². The fraction of sp³-hybridized carbons (Fsp3) is 0.417. The van der Waals surface area contributed by atoms with Gasteiger partial charge in [-0.3, -0.25) is 4.98 Å². The van der Waals surface area contributed by atoms with Crippen LogP contribution in [0.15, 0.2) is 16.7 Å². The van der Waals surface area contributed by atoms with E-state index in [2.05, 4.69) is 15.1 Å². The van der Waals surface area contributed by atoms with Crippen molar-refractivity contribution >= 4 is 0 Å². The van der Waals surface area contributed by atoms with Crippen molar-refractivity contribution in [3.63, 3.8) is 0 Å². The molecule has 0 saturated heterocycles. The van der Waals surface area contributed by atoms with E-state index in [0.29, 0.717) is 18.1 Å². The molecule has 0 aliphatic heterocycles. The van der Waals surface area contributed by atoms with E-state index in [1.807, 2.05) is 32.9 Å². The van der Waals surface area contributed by atoms with Gasteiger partial charge in [-0.05, 0) is 32.9 Å². The zero-order valence-electron chi connectivity index (χ0n) is 10.3.